The molecule has 268 valence electrons. The Kier molecular flexibility index (Phi) is 8.83. The van der Waals surface area contributed by atoms with Crippen molar-refractivity contribution < 1.29 is 14.0 Å². The average molecular weight is 694 g/mol. The number of hydrogen-bond acceptors (Lipinski definition) is 13. The highest BCUT2D eigenvalue weighted by atomic mass is 16.5. The minimum absolute atomic E-state index is 0.0620. The number of hydrazine groups is 1. The van der Waals surface area contributed by atoms with Gasteiger partial charge in [0.05, 0.1) is 35.4 Å². The zero-order valence-corrected chi connectivity index (χ0v) is 29.3. The lowest BCUT2D eigenvalue weighted by Gasteiger charge is -2.41. The average Bonchev–Trinajstić information content (AvgIpc) is 3.96. The largest absolute Gasteiger partial charge is 0.398 e. The smallest absolute Gasteiger partial charge is 0.173 e. The van der Waals surface area contributed by atoms with Crippen LogP contribution in [0.15, 0.2) is 46.2 Å². The van der Waals surface area contributed by atoms with E-state index >= 15 is 0 Å². The van der Waals surface area contributed by atoms with E-state index in [2.05, 4.69) is 36.3 Å². The number of nitrogens with two attached hydrogens (primary N) is 3. The van der Waals surface area contributed by atoms with Crippen molar-refractivity contribution in [1.82, 2.24) is 30.2 Å². The molecule has 51 heavy (non-hydrogen) atoms. The SMILES string of the molecule is CC(OC1C=C(n2ccc(/C(N)=C/N(N)C3CCOC3)n2)NC(c2noc3c2CCCC32CCCc3ccc(N)c(C#N)c32)=N1)C1CCCN1C. The number of benzene rings is 1. The number of aryl methyl sites for hydroxylation is 1. The fourth-order valence-electron chi connectivity index (χ4n) is 8.86. The van der Waals surface area contributed by atoms with E-state index in [1.807, 2.05) is 24.4 Å². The first-order valence-electron chi connectivity index (χ1n) is 18.1. The number of anilines is 1. The second-order valence-corrected chi connectivity index (χ2v) is 14.6. The van der Waals surface area contributed by atoms with Crippen LogP contribution in [0.3, 0.4) is 0 Å². The van der Waals surface area contributed by atoms with Crippen molar-refractivity contribution in [3.63, 3.8) is 0 Å². The third-order valence-corrected chi connectivity index (χ3v) is 11.5. The summed E-state index contributed by atoms with van der Waals surface area (Å²) in [4.78, 5) is 7.43. The number of amidine groups is 1. The summed E-state index contributed by atoms with van der Waals surface area (Å²) in [6.45, 7) is 4.41. The van der Waals surface area contributed by atoms with Gasteiger partial charge in [-0.15, -0.1) is 0 Å². The van der Waals surface area contributed by atoms with Crippen molar-refractivity contribution >= 4 is 23.0 Å². The van der Waals surface area contributed by atoms with Gasteiger partial charge < -0.3 is 40.7 Å². The van der Waals surface area contributed by atoms with E-state index in [-0.39, 0.29) is 12.1 Å². The molecule has 14 nitrogen and oxygen atoms in total. The number of hydrogen-bond donors (Lipinski definition) is 4. The van der Waals surface area contributed by atoms with Crippen LogP contribution in [0, 0.1) is 11.3 Å². The Morgan fingerprint density at radius 2 is 2.06 bits per heavy atom. The highest BCUT2D eigenvalue weighted by molar-refractivity contribution is 6.03. The van der Waals surface area contributed by atoms with Crippen molar-refractivity contribution in [2.24, 2.45) is 16.6 Å². The Morgan fingerprint density at radius 3 is 2.82 bits per heavy atom. The summed E-state index contributed by atoms with van der Waals surface area (Å²) in [6, 6.07) is 8.57. The van der Waals surface area contributed by atoms with E-state index in [0.717, 1.165) is 86.8 Å². The monoisotopic (exact) mass is 693 g/mol. The molecule has 14 heteroatoms. The number of nitrogens with one attached hydrogen (secondary N) is 1. The van der Waals surface area contributed by atoms with Gasteiger partial charge in [0.2, 0.25) is 0 Å². The summed E-state index contributed by atoms with van der Waals surface area (Å²) in [6.07, 6.45) is 13.2. The number of nitrogens with zero attached hydrogens (tertiary/aromatic N) is 7. The number of aliphatic imine (C=N–C) groups is 1. The first-order valence-corrected chi connectivity index (χ1v) is 18.1. The molecule has 5 aliphatic rings. The minimum atomic E-state index is -0.604. The van der Waals surface area contributed by atoms with Crippen LogP contribution >= 0.6 is 0 Å². The Hall–Kier alpha value is -4.68. The van der Waals surface area contributed by atoms with Crippen LogP contribution < -0.4 is 22.6 Å². The van der Waals surface area contributed by atoms with Crippen LogP contribution in [0.1, 0.15) is 91.3 Å². The van der Waals surface area contributed by atoms with E-state index in [0.29, 0.717) is 59.2 Å². The highest BCUT2D eigenvalue weighted by Gasteiger charge is 2.48. The molecular weight excluding hydrogens is 646 g/mol. The number of rotatable bonds is 8. The fourth-order valence-corrected chi connectivity index (χ4v) is 8.86. The molecule has 0 radical (unpaired) electrons. The third-order valence-electron chi connectivity index (χ3n) is 11.5. The molecule has 2 saturated heterocycles. The standard InChI is InChI=1S/C37H47N11O3/c1-22(30-8-5-15-46(30)2)50-32-18-31(48-16-11-29(44-48)28(40)20-47(41)24-12-17-49-21-24)42-36(43-32)34-25-7-4-14-37(35(25)51-45-34)13-3-6-23-9-10-27(39)26(19-38)33(23)37/h9-11,16,18,20,22,24,30,32H,3-8,12-15,17,21,39-41H2,1-2H3,(H,42,43)/b28-20-. The first-order chi connectivity index (χ1) is 24.8. The lowest BCUT2D eigenvalue weighted by atomic mass is 9.61. The maximum absolute atomic E-state index is 10.2. The molecular formula is C37H47N11O3. The van der Waals surface area contributed by atoms with Gasteiger partial charge in [-0.3, -0.25) is 0 Å². The van der Waals surface area contributed by atoms with E-state index < -0.39 is 11.6 Å². The number of nitrogen functional groups attached to an aromatic ring is 1. The predicted molar refractivity (Wildman–Crippen MR) is 192 cm³/mol. The van der Waals surface area contributed by atoms with Crippen molar-refractivity contribution in [3.8, 4) is 6.07 Å². The Balaban J connectivity index is 1.14. The fraction of sp³-hybridized carbons (Fsp3) is 0.514. The second-order valence-electron chi connectivity index (χ2n) is 14.6. The molecule has 3 aliphatic heterocycles. The molecule has 2 aromatic heterocycles. The van der Waals surface area contributed by atoms with Crippen molar-refractivity contribution in [2.75, 3.05) is 32.5 Å². The third kappa shape index (κ3) is 5.97. The Morgan fingerprint density at radius 1 is 1.22 bits per heavy atom. The minimum Gasteiger partial charge on any atom is -0.398 e. The molecule has 5 heterocycles. The molecule has 0 saturated carbocycles. The summed E-state index contributed by atoms with van der Waals surface area (Å²) < 4.78 is 20.2. The lowest BCUT2D eigenvalue weighted by Crippen LogP contribution is -2.40. The number of nitriles is 1. The molecule has 1 aromatic carbocycles. The second kappa shape index (κ2) is 13.5. The molecule has 3 aromatic rings. The molecule has 8 rings (SSSR count). The van der Waals surface area contributed by atoms with Gasteiger partial charge in [-0.05, 0) is 102 Å². The van der Waals surface area contributed by atoms with E-state index in [4.69, 9.17) is 46.6 Å². The topological polar surface area (TPSA) is 195 Å². The summed E-state index contributed by atoms with van der Waals surface area (Å²) in [5.41, 5.74) is 18.3. The van der Waals surface area contributed by atoms with E-state index in [1.54, 1.807) is 15.9 Å². The molecule has 5 atom stereocenters. The van der Waals surface area contributed by atoms with Crippen LogP contribution in [-0.4, -0.2) is 81.9 Å². The number of aromatic nitrogens is 3. The zero-order chi connectivity index (χ0) is 35.3. The highest BCUT2D eigenvalue weighted by Crippen LogP contribution is 2.52. The number of likely N-dealkylation sites (N-methyl/N-ethyl adjacent to an activating group) is 1. The van der Waals surface area contributed by atoms with Crippen molar-refractivity contribution in [3.05, 3.63) is 76.1 Å². The van der Waals surface area contributed by atoms with E-state index in [1.165, 1.54) is 0 Å². The first kappa shape index (κ1) is 33.5. The maximum atomic E-state index is 10.2. The molecule has 1 spiro atoms. The molecule has 7 N–H and O–H groups in total. The zero-order valence-electron chi connectivity index (χ0n) is 29.3. The summed E-state index contributed by atoms with van der Waals surface area (Å²) in [7, 11) is 2.15. The Labute approximate surface area is 297 Å². The lowest BCUT2D eigenvalue weighted by molar-refractivity contribution is -0.0125. The Bertz CT molecular complexity index is 1930. The number of likely N-dealkylation sites (tertiary alicyclic amines) is 1. The van der Waals surface area contributed by atoms with Crippen molar-refractivity contribution in [2.45, 2.75) is 94.5 Å². The van der Waals surface area contributed by atoms with E-state index in [9.17, 15) is 5.26 Å². The van der Waals surface area contributed by atoms with Gasteiger partial charge in [0.1, 0.15) is 17.6 Å². The molecule has 0 bridgehead atoms. The normalized spacial score (nSPS) is 26.9. The molecule has 5 unspecified atom stereocenters. The van der Waals surface area contributed by atoms with Crippen LogP contribution in [0.2, 0.25) is 0 Å². The van der Waals surface area contributed by atoms with Crippen LogP contribution in [0.5, 0.6) is 0 Å². The van der Waals surface area contributed by atoms with Gasteiger partial charge in [0.25, 0.3) is 0 Å². The quantitative estimate of drug-likeness (QED) is 0.153. The van der Waals surface area contributed by atoms with Gasteiger partial charge >= 0.3 is 0 Å². The predicted octanol–water partition coefficient (Wildman–Crippen LogP) is 3.18. The summed E-state index contributed by atoms with van der Waals surface area (Å²) in [5, 5.41) is 24.9. The van der Waals surface area contributed by atoms with Crippen molar-refractivity contribution in [1.29, 1.82) is 5.26 Å². The van der Waals surface area contributed by atoms with Crippen LogP contribution in [0.25, 0.3) is 11.5 Å². The van der Waals surface area contributed by atoms with Gasteiger partial charge in [-0.25, -0.2) is 15.5 Å². The van der Waals surface area contributed by atoms with Gasteiger partial charge in [-0.1, -0.05) is 11.2 Å². The molecule has 2 fully saturated rings. The number of ether oxygens (including phenoxy) is 2. The van der Waals surface area contributed by atoms with Crippen LogP contribution in [-0.2, 0) is 27.7 Å². The maximum Gasteiger partial charge on any atom is 0.173 e. The van der Waals surface area contributed by atoms with Gasteiger partial charge in [0.15, 0.2) is 23.5 Å². The van der Waals surface area contributed by atoms with Gasteiger partial charge in [-0.2, -0.15) is 10.4 Å². The molecule has 2 aliphatic carbocycles. The number of fused-ring (bicyclic) bond motifs is 4. The summed E-state index contributed by atoms with van der Waals surface area (Å²) >= 11 is 0. The summed E-state index contributed by atoms with van der Waals surface area (Å²) in [5.74, 6) is 8.31. The van der Waals surface area contributed by atoms with Gasteiger partial charge in [0, 0.05) is 42.4 Å². The molecule has 0 amide bonds. The van der Waals surface area contributed by atoms with Crippen LogP contribution in [0.4, 0.5) is 5.69 Å².